The van der Waals surface area contributed by atoms with E-state index in [1.54, 1.807) is 23.3 Å². The standard InChI is InChI=1S/C19H24N4O/c1-14-4-7-22(8-5-14)18(24)6-9-23-13-20-19(21-23)17-11-15(2)10-16(3)12-17/h6,9-14H,4-5,7-8H2,1-3H3/b9-6-. The number of carbonyl (C=O) groups excluding carboxylic acids is 1. The number of piperidine rings is 1. The second-order valence-electron chi connectivity index (χ2n) is 6.75. The molecule has 0 aliphatic carbocycles. The summed E-state index contributed by atoms with van der Waals surface area (Å²) in [5.41, 5.74) is 3.37. The summed E-state index contributed by atoms with van der Waals surface area (Å²) in [6.45, 7) is 8.05. The molecular formula is C19H24N4O. The lowest BCUT2D eigenvalue weighted by Gasteiger charge is -2.29. The van der Waals surface area contributed by atoms with Gasteiger partial charge < -0.3 is 4.90 Å². The van der Waals surface area contributed by atoms with Crippen molar-refractivity contribution < 1.29 is 4.79 Å². The number of nitrogens with zero attached hydrogens (tertiary/aromatic N) is 4. The van der Waals surface area contributed by atoms with E-state index in [4.69, 9.17) is 0 Å². The number of aryl methyl sites for hydroxylation is 2. The third-order valence-corrected chi connectivity index (χ3v) is 4.45. The molecule has 1 aliphatic heterocycles. The summed E-state index contributed by atoms with van der Waals surface area (Å²) in [5.74, 6) is 1.43. The van der Waals surface area contributed by atoms with Crippen LogP contribution in [0.1, 0.15) is 30.9 Å². The molecule has 3 rings (SSSR count). The van der Waals surface area contributed by atoms with Crippen molar-refractivity contribution in [1.82, 2.24) is 19.7 Å². The molecular weight excluding hydrogens is 300 g/mol. The van der Waals surface area contributed by atoms with E-state index >= 15 is 0 Å². The van der Waals surface area contributed by atoms with Crippen molar-refractivity contribution in [2.24, 2.45) is 5.92 Å². The lowest BCUT2D eigenvalue weighted by Crippen LogP contribution is -2.36. The first-order chi connectivity index (χ1) is 11.5. The van der Waals surface area contributed by atoms with Gasteiger partial charge in [0.1, 0.15) is 6.33 Å². The van der Waals surface area contributed by atoms with Crippen molar-refractivity contribution in [1.29, 1.82) is 0 Å². The van der Waals surface area contributed by atoms with Gasteiger partial charge in [-0.3, -0.25) is 4.79 Å². The molecule has 1 amide bonds. The Morgan fingerprint density at radius 1 is 1.17 bits per heavy atom. The summed E-state index contributed by atoms with van der Waals surface area (Å²) >= 11 is 0. The minimum atomic E-state index is 0.0466. The van der Waals surface area contributed by atoms with Crippen LogP contribution < -0.4 is 0 Å². The quantitative estimate of drug-likeness (QED) is 0.814. The molecule has 0 unspecified atom stereocenters. The van der Waals surface area contributed by atoms with Crippen molar-refractivity contribution in [2.75, 3.05) is 13.1 Å². The van der Waals surface area contributed by atoms with E-state index in [2.05, 4.69) is 49.1 Å². The minimum Gasteiger partial charge on any atom is -0.339 e. The molecule has 0 N–H and O–H groups in total. The Kier molecular flexibility index (Phi) is 4.79. The summed E-state index contributed by atoms with van der Waals surface area (Å²) in [5, 5.41) is 4.44. The third-order valence-electron chi connectivity index (χ3n) is 4.45. The van der Waals surface area contributed by atoms with E-state index in [1.165, 1.54) is 11.1 Å². The van der Waals surface area contributed by atoms with Gasteiger partial charge in [0.25, 0.3) is 0 Å². The van der Waals surface area contributed by atoms with Crippen molar-refractivity contribution in [3.05, 3.63) is 41.7 Å². The van der Waals surface area contributed by atoms with Crippen molar-refractivity contribution in [3.63, 3.8) is 0 Å². The summed E-state index contributed by atoms with van der Waals surface area (Å²) < 4.78 is 1.59. The Bertz CT molecular complexity index is 734. The molecule has 5 heteroatoms. The molecule has 0 atom stereocenters. The number of carbonyl (C=O) groups is 1. The maximum absolute atomic E-state index is 12.2. The van der Waals surface area contributed by atoms with Crippen LogP contribution >= 0.6 is 0 Å². The smallest absolute Gasteiger partial charge is 0.248 e. The maximum Gasteiger partial charge on any atom is 0.248 e. The maximum atomic E-state index is 12.2. The fraction of sp³-hybridized carbons (Fsp3) is 0.421. The van der Waals surface area contributed by atoms with Gasteiger partial charge in [0.05, 0.1) is 0 Å². The molecule has 1 saturated heterocycles. The fourth-order valence-corrected chi connectivity index (χ4v) is 3.06. The third kappa shape index (κ3) is 3.91. The van der Waals surface area contributed by atoms with Gasteiger partial charge >= 0.3 is 0 Å². The first-order valence-corrected chi connectivity index (χ1v) is 8.48. The van der Waals surface area contributed by atoms with E-state index in [0.717, 1.165) is 31.5 Å². The molecule has 1 fully saturated rings. The number of rotatable bonds is 3. The predicted molar refractivity (Wildman–Crippen MR) is 95.2 cm³/mol. The van der Waals surface area contributed by atoms with Crippen LogP contribution in [0, 0.1) is 19.8 Å². The van der Waals surface area contributed by atoms with Gasteiger partial charge in [-0.25, -0.2) is 9.67 Å². The van der Waals surface area contributed by atoms with E-state index in [0.29, 0.717) is 11.7 Å². The normalized spacial score (nSPS) is 16.0. The molecule has 1 aliphatic rings. The van der Waals surface area contributed by atoms with Gasteiger partial charge in [0.2, 0.25) is 5.91 Å². The number of likely N-dealkylation sites (tertiary alicyclic amines) is 1. The highest BCUT2D eigenvalue weighted by atomic mass is 16.2. The molecule has 5 nitrogen and oxygen atoms in total. The van der Waals surface area contributed by atoms with Crippen LogP contribution in [0.15, 0.2) is 30.6 Å². The fourth-order valence-electron chi connectivity index (χ4n) is 3.06. The van der Waals surface area contributed by atoms with Gasteiger partial charge in [0.15, 0.2) is 5.82 Å². The number of amides is 1. The zero-order valence-electron chi connectivity index (χ0n) is 14.6. The number of hydrogen-bond donors (Lipinski definition) is 0. The molecule has 24 heavy (non-hydrogen) atoms. The van der Waals surface area contributed by atoms with Crippen molar-refractivity contribution >= 4 is 12.1 Å². The van der Waals surface area contributed by atoms with Gasteiger partial charge in [-0.2, -0.15) is 0 Å². The predicted octanol–water partition coefficient (Wildman–Crippen LogP) is 3.29. The minimum absolute atomic E-state index is 0.0466. The molecule has 0 saturated carbocycles. The van der Waals surface area contributed by atoms with Crippen molar-refractivity contribution in [3.8, 4) is 11.4 Å². The first kappa shape index (κ1) is 16.4. The zero-order valence-corrected chi connectivity index (χ0v) is 14.6. The average molecular weight is 324 g/mol. The van der Waals surface area contributed by atoms with Crippen molar-refractivity contribution in [2.45, 2.75) is 33.6 Å². The van der Waals surface area contributed by atoms with Crippen LogP contribution in [-0.4, -0.2) is 38.7 Å². The summed E-state index contributed by atoms with van der Waals surface area (Å²) in [6, 6.07) is 6.26. The highest BCUT2D eigenvalue weighted by molar-refractivity contribution is 5.90. The van der Waals surface area contributed by atoms with E-state index in [9.17, 15) is 4.79 Å². The first-order valence-electron chi connectivity index (χ1n) is 8.48. The Morgan fingerprint density at radius 3 is 2.50 bits per heavy atom. The van der Waals surface area contributed by atoms with E-state index in [-0.39, 0.29) is 5.91 Å². The van der Waals surface area contributed by atoms with E-state index < -0.39 is 0 Å². The highest BCUT2D eigenvalue weighted by Crippen LogP contribution is 2.18. The molecule has 0 bridgehead atoms. The molecule has 1 aromatic carbocycles. The number of hydrogen-bond acceptors (Lipinski definition) is 3. The molecule has 0 radical (unpaired) electrons. The Hall–Kier alpha value is -2.43. The number of benzene rings is 1. The SMILES string of the molecule is Cc1cc(C)cc(-c2ncn(/C=C\C(=O)N3CCC(C)CC3)n2)c1. The summed E-state index contributed by atoms with van der Waals surface area (Å²) in [4.78, 5) is 18.5. The molecule has 2 aromatic rings. The van der Waals surface area contributed by atoms with Gasteiger partial charge in [0, 0.05) is 30.9 Å². The van der Waals surface area contributed by atoms with Gasteiger partial charge in [-0.1, -0.05) is 24.1 Å². The van der Waals surface area contributed by atoms with Gasteiger partial charge in [-0.15, -0.1) is 5.10 Å². The molecule has 126 valence electrons. The Balaban J connectivity index is 1.68. The Labute approximate surface area is 143 Å². The van der Waals surface area contributed by atoms with Crippen LogP contribution in [0.4, 0.5) is 0 Å². The highest BCUT2D eigenvalue weighted by Gasteiger charge is 2.18. The topological polar surface area (TPSA) is 51.0 Å². The summed E-state index contributed by atoms with van der Waals surface area (Å²) in [6.07, 6.45) is 7.06. The molecule has 0 spiro atoms. The van der Waals surface area contributed by atoms with Crippen LogP contribution in [0.5, 0.6) is 0 Å². The van der Waals surface area contributed by atoms with Crippen LogP contribution in [0.2, 0.25) is 0 Å². The van der Waals surface area contributed by atoms with E-state index in [1.807, 2.05) is 4.90 Å². The Morgan fingerprint density at radius 2 is 1.83 bits per heavy atom. The van der Waals surface area contributed by atoms with Crippen LogP contribution in [0.25, 0.3) is 17.6 Å². The number of aromatic nitrogens is 3. The summed E-state index contributed by atoms with van der Waals surface area (Å²) in [7, 11) is 0. The second-order valence-corrected chi connectivity index (χ2v) is 6.75. The van der Waals surface area contributed by atoms with Crippen LogP contribution in [-0.2, 0) is 4.79 Å². The molecule has 1 aromatic heterocycles. The lowest BCUT2D eigenvalue weighted by molar-refractivity contribution is -0.127. The van der Waals surface area contributed by atoms with Gasteiger partial charge in [-0.05, 0) is 44.7 Å². The molecule has 2 heterocycles. The lowest BCUT2D eigenvalue weighted by atomic mass is 9.99. The average Bonchev–Trinajstić information content (AvgIpc) is 3.01. The second kappa shape index (κ2) is 6.99. The zero-order chi connectivity index (χ0) is 17.1. The monoisotopic (exact) mass is 324 g/mol. The van der Waals surface area contributed by atoms with Crippen LogP contribution in [0.3, 0.4) is 0 Å². The largest absolute Gasteiger partial charge is 0.339 e.